The summed E-state index contributed by atoms with van der Waals surface area (Å²) < 4.78 is 0. The molecule has 1 aromatic rings. The molecule has 1 aromatic heterocycles. The van der Waals surface area contributed by atoms with E-state index < -0.39 is 0 Å². The molecule has 2 N–H and O–H groups in total. The van der Waals surface area contributed by atoms with Crippen molar-refractivity contribution in [1.82, 2.24) is 9.97 Å². The Balaban J connectivity index is 2.03. The smallest absolute Gasteiger partial charge is 0.134 e. The SMILES string of the molecule is CCc1c(NC)ncnc1NC1CCC(SC)CC1. The van der Waals surface area contributed by atoms with Gasteiger partial charge in [0.15, 0.2) is 0 Å². The van der Waals surface area contributed by atoms with Crippen molar-refractivity contribution in [2.45, 2.75) is 50.3 Å². The first-order chi connectivity index (χ1) is 9.28. The first-order valence-corrected chi connectivity index (χ1v) is 8.38. The number of anilines is 2. The van der Waals surface area contributed by atoms with Crippen LogP contribution in [-0.4, -0.2) is 34.6 Å². The van der Waals surface area contributed by atoms with Crippen molar-refractivity contribution < 1.29 is 0 Å². The predicted octanol–water partition coefficient (Wildman–Crippen LogP) is 3.17. The van der Waals surface area contributed by atoms with Gasteiger partial charge in [0.1, 0.15) is 18.0 Å². The molecule has 0 bridgehead atoms. The lowest BCUT2D eigenvalue weighted by molar-refractivity contribution is 0.472. The van der Waals surface area contributed by atoms with E-state index in [0.29, 0.717) is 6.04 Å². The Morgan fingerprint density at radius 2 is 1.89 bits per heavy atom. The highest BCUT2D eigenvalue weighted by Crippen LogP contribution is 2.29. The summed E-state index contributed by atoms with van der Waals surface area (Å²) in [5.74, 6) is 1.95. The monoisotopic (exact) mass is 280 g/mol. The highest BCUT2D eigenvalue weighted by molar-refractivity contribution is 7.99. The summed E-state index contributed by atoms with van der Waals surface area (Å²) in [6, 6.07) is 0.563. The van der Waals surface area contributed by atoms with E-state index >= 15 is 0 Å². The average Bonchev–Trinajstić information content (AvgIpc) is 2.47. The van der Waals surface area contributed by atoms with Gasteiger partial charge in [0, 0.05) is 23.9 Å². The Morgan fingerprint density at radius 3 is 2.47 bits per heavy atom. The first-order valence-electron chi connectivity index (χ1n) is 7.09. The van der Waals surface area contributed by atoms with Crippen LogP contribution in [0.15, 0.2) is 6.33 Å². The van der Waals surface area contributed by atoms with Crippen molar-refractivity contribution >= 4 is 23.4 Å². The van der Waals surface area contributed by atoms with Crippen LogP contribution in [0.25, 0.3) is 0 Å². The molecule has 1 aliphatic rings. The van der Waals surface area contributed by atoms with Gasteiger partial charge in [0.2, 0.25) is 0 Å². The summed E-state index contributed by atoms with van der Waals surface area (Å²) in [7, 11) is 1.91. The molecule has 0 spiro atoms. The minimum atomic E-state index is 0.563. The van der Waals surface area contributed by atoms with Gasteiger partial charge >= 0.3 is 0 Å². The molecule has 0 aliphatic heterocycles. The van der Waals surface area contributed by atoms with Gasteiger partial charge in [-0.3, -0.25) is 0 Å². The summed E-state index contributed by atoms with van der Waals surface area (Å²) >= 11 is 2.00. The standard InChI is InChI=1S/C14H24N4S/c1-4-12-13(15-2)16-9-17-14(12)18-10-5-7-11(19-3)8-6-10/h9-11H,4-8H2,1-3H3,(H2,15,16,17,18). The van der Waals surface area contributed by atoms with Crippen LogP contribution in [-0.2, 0) is 6.42 Å². The van der Waals surface area contributed by atoms with E-state index in [1.54, 1.807) is 6.33 Å². The number of rotatable bonds is 5. The van der Waals surface area contributed by atoms with Crippen molar-refractivity contribution in [2.24, 2.45) is 0 Å². The third kappa shape index (κ3) is 3.53. The highest BCUT2D eigenvalue weighted by Gasteiger charge is 2.21. The number of thioether (sulfide) groups is 1. The van der Waals surface area contributed by atoms with Gasteiger partial charge in [-0.2, -0.15) is 11.8 Å². The van der Waals surface area contributed by atoms with Crippen LogP contribution >= 0.6 is 11.8 Å². The lowest BCUT2D eigenvalue weighted by Crippen LogP contribution is -2.28. The zero-order chi connectivity index (χ0) is 13.7. The maximum absolute atomic E-state index is 4.42. The van der Waals surface area contributed by atoms with Gasteiger partial charge in [0.05, 0.1) is 0 Å². The third-order valence-corrected chi connectivity index (χ3v) is 5.02. The molecule has 0 atom stereocenters. The summed E-state index contributed by atoms with van der Waals surface area (Å²) in [6.45, 7) is 2.15. The van der Waals surface area contributed by atoms with Gasteiger partial charge in [-0.15, -0.1) is 0 Å². The van der Waals surface area contributed by atoms with Gasteiger partial charge in [-0.05, 0) is 38.4 Å². The molecule has 1 aliphatic carbocycles. The predicted molar refractivity (Wildman–Crippen MR) is 84.1 cm³/mol. The van der Waals surface area contributed by atoms with E-state index in [1.165, 1.54) is 31.2 Å². The van der Waals surface area contributed by atoms with E-state index in [4.69, 9.17) is 0 Å². The third-order valence-electron chi connectivity index (χ3n) is 3.88. The molecular weight excluding hydrogens is 256 g/mol. The molecule has 2 rings (SSSR count). The second-order valence-electron chi connectivity index (χ2n) is 5.01. The number of nitrogens with zero attached hydrogens (tertiary/aromatic N) is 2. The van der Waals surface area contributed by atoms with Crippen molar-refractivity contribution in [3.63, 3.8) is 0 Å². The number of nitrogens with one attached hydrogen (secondary N) is 2. The lowest BCUT2D eigenvalue weighted by Gasteiger charge is -2.29. The Morgan fingerprint density at radius 1 is 1.21 bits per heavy atom. The summed E-state index contributed by atoms with van der Waals surface area (Å²) in [5.41, 5.74) is 1.19. The molecule has 1 heterocycles. The van der Waals surface area contributed by atoms with Crippen LogP contribution < -0.4 is 10.6 Å². The van der Waals surface area contributed by atoms with Gasteiger partial charge in [-0.1, -0.05) is 6.92 Å². The molecule has 106 valence electrons. The molecule has 19 heavy (non-hydrogen) atoms. The van der Waals surface area contributed by atoms with Crippen molar-refractivity contribution in [3.8, 4) is 0 Å². The fourth-order valence-corrected chi connectivity index (χ4v) is 3.47. The van der Waals surface area contributed by atoms with E-state index in [9.17, 15) is 0 Å². The van der Waals surface area contributed by atoms with E-state index in [0.717, 1.165) is 23.3 Å². The molecule has 5 heteroatoms. The molecule has 1 saturated carbocycles. The second-order valence-corrected chi connectivity index (χ2v) is 6.14. The second kappa shape index (κ2) is 6.98. The minimum Gasteiger partial charge on any atom is -0.373 e. The summed E-state index contributed by atoms with van der Waals surface area (Å²) in [4.78, 5) is 8.71. The maximum atomic E-state index is 4.42. The summed E-state index contributed by atoms with van der Waals surface area (Å²) in [5, 5.41) is 7.61. The fraction of sp³-hybridized carbons (Fsp3) is 0.714. The van der Waals surface area contributed by atoms with E-state index in [-0.39, 0.29) is 0 Å². The largest absolute Gasteiger partial charge is 0.373 e. The van der Waals surface area contributed by atoms with Crippen LogP contribution in [0.2, 0.25) is 0 Å². The van der Waals surface area contributed by atoms with Gasteiger partial charge < -0.3 is 10.6 Å². The van der Waals surface area contributed by atoms with Crippen LogP contribution in [0.5, 0.6) is 0 Å². The van der Waals surface area contributed by atoms with Crippen molar-refractivity contribution in [1.29, 1.82) is 0 Å². The molecule has 0 amide bonds. The molecule has 0 unspecified atom stereocenters. The molecule has 0 radical (unpaired) electrons. The fourth-order valence-electron chi connectivity index (χ4n) is 2.72. The zero-order valence-corrected chi connectivity index (χ0v) is 12.9. The summed E-state index contributed by atoms with van der Waals surface area (Å²) in [6.07, 6.45) is 9.91. The molecule has 0 aromatic carbocycles. The van der Waals surface area contributed by atoms with Crippen LogP contribution in [0.3, 0.4) is 0 Å². The van der Waals surface area contributed by atoms with Crippen LogP contribution in [0.4, 0.5) is 11.6 Å². The minimum absolute atomic E-state index is 0.563. The van der Waals surface area contributed by atoms with E-state index in [1.807, 2.05) is 18.8 Å². The van der Waals surface area contributed by atoms with Crippen LogP contribution in [0.1, 0.15) is 38.2 Å². The first kappa shape index (κ1) is 14.4. The highest BCUT2D eigenvalue weighted by atomic mass is 32.2. The van der Waals surface area contributed by atoms with Crippen LogP contribution in [0, 0.1) is 0 Å². The number of aromatic nitrogens is 2. The quantitative estimate of drug-likeness (QED) is 0.867. The molecule has 1 fully saturated rings. The van der Waals surface area contributed by atoms with Gasteiger partial charge in [-0.25, -0.2) is 9.97 Å². The number of hydrogen-bond acceptors (Lipinski definition) is 5. The Hall–Kier alpha value is -0.970. The molecule has 0 saturated heterocycles. The van der Waals surface area contributed by atoms with Gasteiger partial charge in [0.25, 0.3) is 0 Å². The Labute approximate surface area is 120 Å². The lowest BCUT2D eigenvalue weighted by atomic mass is 9.95. The average molecular weight is 280 g/mol. The Bertz CT molecular complexity index is 402. The van der Waals surface area contributed by atoms with E-state index in [2.05, 4.69) is 33.8 Å². The normalized spacial score (nSPS) is 23.1. The molecule has 4 nitrogen and oxygen atoms in total. The zero-order valence-electron chi connectivity index (χ0n) is 12.1. The molecular formula is C14H24N4S. The van der Waals surface area contributed by atoms with Crippen molar-refractivity contribution in [2.75, 3.05) is 23.9 Å². The maximum Gasteiger partial charge on any atom is 0.134 e. The topological polar surface area (TPSA) is 49.8 Å². The Kier molecular flexibility index (Phi) is 5.31. The number of hydrogen-bond donors (Lipinski definition) is 2. The van der Waals surface area contributed by atoms with Crippen molar-refractivity contribution in [3.05, 3.63) is 11.9 Å².